The van der Waals surface area contributed by atoms with E-state index in [0.29, 0.717) is 0 Å². The van der Waals surface area contributed by atoms with Crippen molar-refractivity contribution in [2.75, 3.05) is 0 Å². The summed E-state index contributed by atoms with van der Waals surface area (Å²) in [6.07, 6.45) is 0. The van der Waals surface area contributed by atoms with Gasteiger partial charge in [0.1, 0.15) is 0 Å². The van der Waals surface area contributed by atoms with Gasteiger partial charge in [-0.25, -0.2) is 0 Å². The summed E-state index contributed by atoms with van der Waals surface area (Å²) in [5.74, 6) is 0. The zero-order chi connectivity index (χ0) is 31.3. The van der Waals surface area contributed by atoms with Crippen LogP contribution in [0.2, 0.25) is 0 Å². The number of hydrogen-bond donors (Lipinski definition) is 0. The summed E-state index contributed by atoms with van der Waals surface area (Å²) in [4.78, 5) is 0. The third-order valence-corrected chi connectivity index (χ3v) is 10.8. The molecule has 1 aliphatic rings. The molecule has 0 fully saturated rings. The summed E-state index contributed by atoms with van der Waals surface area (Å²) < 4.78 is 0. The van der Waals surface area contributed by atoms with E-state index in [9.17, 15) is 0 Å². The fourth-order valence-electron chi connectivity index (χ4n) is 8.48. The second kappa shape index (κ2) is 9.64. The molecule has 220 valence electrons. The molecule has 0 heterocycles. The summed E-state index contributed by atoms with van der Waals surface area (Å²) in [7, 11) is 0. The second-order valence-corrected chi connectivity index (χ2v) is 13.7. The molecule has 0 saturated heterocycles. The van der Waals surface area contributed by atoms with Crippen molar-refractivity contribution in [2.45, 2.75) is 19.3 Å². The molecule has 0 heteroatoms. The second-order valence-electron chi connectivity index (χ2n) is 13.7. The minimum absolute atomic E-state index is 0.0840. The van der Waals surface area contributed by atoms with Crippen LogP contribution in [0, 0.1) is 0 Å². The predicted molar refractivity (Wildman–Crippen MR) is 202 cm³/mol. The topological polar surface area (TPSA) is 0 Å². The zero-order valence-electron chi connectivity index (χ0n) is 26.5. The molecule has 0 bridgehead atoms. The number of benzene rings is 9. The van der Waals surface area contributed by atoms with Crippen molar-refractivity contribution in [1.82, 2.24) is 0 Å². The molecule has 47 heavy (non-hydrogen) atoms. The Labute approximate surface area is 274 Å². The van der Waals surface area contributed by atoms with Gasteiger partial charge in [0.2, 0.25) is 0 Å². The molecule has 0 saturated carbocycles. The molecule has 0 aliphatic heterocycles. The Balaban J connectivity index is 1.16. The van der Waals surface area contributed by atoms with E-state index in [0.717, 1.165) is 0 Å². The Hall–Kier alpha value is -5.72. The van der Waals surface area contributed by atoms with Gasteiger partial charge >= 0.3 is 0 Å². The van der Waals surface area contributed by atoms with Crippen LogP contribution in [0.15, 0.2) is 158 Å². The molecule has 10 rings (SSSR count). The average molecular weight is 597 g/mol. The van der Waals surface area contributed by atoms with Crippen LogP contribution in [-0.2, 0) is 5.41 Å². The smallest absolute Gasteiger partial charge is 0.0159 e. The lowest BCUT2D eigenvalue weighted by atomic mass is 9.80. The van der Waals surface area contributed by atoms with E-state index < -0.39 is 0 Å². The zero-order valence-corrected chi connectivity index (χ0v) is 26.5. The molecule has 0 spiro atoms. The van der Waals surface area contributed by atoms with Crippen LogP contribution in [0.3, 0.4) is 0 Å². The van der Waals surface area contributed by atoms with Crippen LogP contribution in [0.1, 0.15) is 25.0 Å². The number of rotatable bonds is 3. The first-order chi connectivity index (χ1) is 23.1. The van der Waals surface area contributed by atoms with Crippen LogP contribution >= 0.6 is 0 Å². The quantitative estimate of drug-likeness (QED) is 0.178. The van der Waals surface area contributed by atoms with Crippen LogP contribution in [0.25, 0.3) is 87.6 Å². The highest BCUT2D eigenvalue weighted by molar-refractivity contribution is 6.25. The van der Waals surface area contributed by atoms with Gasteiger partial charge in [-0.3, -0.25) is 0 Å². The van der Waals surface area contributed by atoms with Gasteiger partial charge in [0.15, 0.2) is 0 Å². The number of hydrogen-bond acceptors (Lipinski definition) is 0. The van der Waals surface area contributed by atoms with Gasteiger partial charge < -0.3 is 0 Å². The lowest BCUT2D eigenvalue weighted by molar-refractivity contribution is 0.661. The first kappa shape index (κ1) is 26.5. The van der Waals surface area contributed by atoms with Crippen LogP contribution < -0.4 is 0 Å². The summed E-state index contributed by atoms with van der Waals surface area (Å²) in [6, 6.07) is 59.0. The molecule has 0 atom stereocenters. The Bertz CT molecular complexity index is 2690. The summed E-state index contributed by atoms with van der Waals surface area (Å²) >= 11 is 0. The van der Waals surface area contributed by atoms with Gasteiger partial charge in [-0.15, -0.1) is 0 Å². The Morgan fingerprint density at radius 2 is 0.830 bits per heavy atom. The molecule has 0 nitrogen and oxygen atoms in total. The largest absolute Gasteiger partial charge is 0.0616 e. The minimum atomic E-state index is -0.0840. The third-order valence-electron chi connectivity index (χ3n) is 10.8. The van der Waals surface area contributed by atoms with Crippen LogP contribution in [0.4, 0.5) is 0 Å². The van der Waals surface area contributed by atoms with Crippen molar-refractivity contribution < 1.29 is 0 Å². The third kappa shape index (κ3) is 3.76. The van der Waals surface area contributed by atoms with Crippen LogP contribution in [-0.4, -0.2) is 0 Å². The predicted octanol–water partition coefficient (Wildman–Crippen LogP) is 13.0. The number of fused-ring (bicyclic) bond motifs is 4. The molecular weight excluding hydrogens is 565 g/mol. The van der Waals surface area contributed by atoms with Crippen molar-refractivity contribution in [3.8, 4) is 44.5 Å². The normalized spacial score (nSPS) is 13.5. The van der Waals surface area contributed by atoms with Crippen LogP contribution in [0.5, 0.6) is 0 Å². The molecule has 9 aromatic carbocycles. The molecule has 9 aromatic rings. The standard InChI is InChI=1S/C47H32/c1-47(2)43-28-34(22-24-40(43)42-26-32-10-3-4-11-33(32)27-44(42)47)35-14-5-6-15-36(35)37-16-7-8-17-38(37)39-23-20-31-19-18-29-12-9-13-30-21-25-41(39)46(31)45(29)30/h3-28H,1-2H3. The van der Waals surface area contributed by atoms with Crippen molar-refractivity contribution in [2.24, 2.45) is 0 Å². The van der Waals surface area contributed by atoms with E-state index in [1.165, 1.54) is 98.7 Å². The Kier molecular flexibility index (Phi) is 5.44. The van der Waals surface area contributed by atoms with E-state index in [-0.39, 0.29) is 5.41 Å². The van der Waals surface area contributed by atoms with E-state index in [4.69, 9.17) is 0 Å². The summed E-state index contributed by atoms with van der Waals surface area (Å²) in [5, 5.41) is 10.5. The first-order valence-corrected chi connectivity index (χ1v) is 16.6. The van der Waals surface area contributed by atoms with Crippen molar-refractivity contribution in [3.63, 3.8) is 0 Å². The fraction of sp³-hybridized carbons (Fsp3) is 0.0638. The minimum Gasteiger partial charge on any atom is -0.0616 e. The maximum absolute atomic E-state index is 2.46. The molecule has 1 aliphatic carbocycles. The van der Waals surface area contributed by atoms with Gasteiger partial charge in [-0.05, 0) is 117 Å². The monoisotopic (exact) mass is 596 g/mol. The SMILES string of the molecule is CC1(C)c2cc(-c3ccccc3-c3ccccc3-c3ccc4ccc5cccc6ccc3c4c56)ccc2-c2cc3ccccc3cc21. The maximum atomic E-state index is 2.46. The average Bonchev–Trinajstić information content (AvgIpc) is 3.34. The highest BCUT2D eigenvalue weighted by atomic mass is 14.4. The van der Waals surface area contributed by atoms with Gasteiger partial charge in [0, 0.05) is 5.41 Å². The van der Waals surface area contributed by atoms with E-state index in [2.05, 4.69) is 172 Å². The molecule has 0 aromatic heterocycles. The van der Waals surface area contributed by atoms with E-state index in [1.807, 2.05) is 0 Å². The van der Waals surface area contributed by atoms with Gasteiger partial charge in [-0.2, -0.15) is 0 Å². The lowest BCUT2D eigenvalue weighted by Gasteiger charge is -2.23. The van der Waals surface area contributed by atoms with E-state index in [1.54, 1.807) is 0 Å². The Morgan fingerprint density at radius 1 is 0.319 bits per heavy atom. The van der Waals surface area contributed by atoms with Crippen molar-refractivity contribution in [3.05, 3.63) is 169 Å². The highest BCUT2D eigenvalue weighted by Crippen LogP contribution is 2.51. The summed E-state index contributed by atoms with van der Waals surface area (Å²) in [6.45, 7) is 4.76. The molecule has 0 radical (unpaired) electrons. The molecular formula is C47H32. The maximum Gasteiger partial charge on any atom is 0.0159 e. The fourth-order valence-corrected chi connectivity index (χ4v) is 8.48. The van der Waals surface area contributed by atoms with Gasteiger partial charge in [-0.1, -0.05) is 153 Å². The summed E-state index contributed by atoms with van der Waals surface area (Å²) in [5.41, 5.74) is 13.0. The Morgan fingerprint density at radius 3 is 1.57 bits per heavy atom. The van der Waals surface area contributed by atoms with Crippen molar-refractivity contribution in [1.29, 1.82) is 0 Å². The van der Waals surface area contributed by atoms with E-state index >= 15 is 0 Å². The van der Waals surface area contributed by atoms with Gasteiger partial charge in [0.25, 0.3) is 0 Å². The van der Waals surface area contributed by atoms with Gasteiger partial charge in [0.05, 0.1) is 0 Å². The molecule has 0 unspecified atom stereocenters. The molecule has 0 N–H and O–H groups in total. The molecule has 0 amide bonds. The van der Waals surface area contributed by atoms with Crippen molar-refractivity contribution >= 4 is 43.1 Å². The first-order valence-electron chi connectivity index (χ1n) is 16.6. The lowest BCUT2D eigenvalue weighted by Crippen LogP contribution is -2.15. The highest BCUT2D eigenvalue weighted by Gasteiger charge is 2.36.